The second kappa shape index (κ2) is 9.54. The first-order chi connectivity index (χ1) is 21.3. The van der Waals surface area contributed by atoms with Crippen LogP contribution in [0.1, 0.15) is 22.6 Å². The van der Waals surface area contributed by atoms with Gasteiger partial charge in [-0.05, 0) is 99.5 Å². The number of benzene rings is 9. The van der Waals surface area contributed by atoms with Crippen LogP contribution in [-0.2, 0) is 0 Å². The summed E-state index contributed by atoms with van der Waals surface area (Å²) in [5.41, 5.74) is 4.03. The van der Waals surface area contributed by atoms with Crippen LogP contribution < -0.4 is 0 Å². The van der Waals surface area contributed by atoms with Gasteiger partial charge >= 0.3 is 0 Å². The second-order valence-electron chi connectivity index (χ2n) is 11.6. The molecule has 0 nitrogen and oxygen atoms in total. The zero-order chi connectivity index (χ0) is 28.3. The van der Waals surface area contributed by atoms with Crippen LogP contribution in [0.4, 0.5) is 0 Å². The number of rotatable bonds is 3. The van der Waals surface area contributed by atoms with E-state index in [1.54, 1.807) is 0 Å². The minimum atomic E-state index is 0.0125. The monoisotopic (exact) mass is 544 g/mol. The molecule has 0 N–H and O–H groups in total. The largest absolute Gasteiger partial charge is 0.0616 e. The third-order valence-corrected chi connectivity index (χ3v) is 9.33. The molecule has 0 spiro atoms. The fourth-order valence-electron chi connectivity index (χ4n) is 7.47. The predicted octanol–water partition coefficient (Wildman–Crippen LogP) is 11.8. The zero-order valence-electron chi connectivity index (χ0n) is 23.7. The van der Waals surface area contributed by atoms with Crippen molar-refractivity contribution in [3.63, 3.8) is 0 Å². The summed E-state index contributed by atoms with van der Waals surface area (Å²) >= 11 is 0. The van der Waals surface area contributed by atoms with E-state index in [9.17, 15) is 0 Å². The molecule has 200 valence electrons. The fourth-order valence-corrected chi connectivity index (χ4v) is 7.47. The first-order valence-electron chi connectivity index (χ1n) is 15.1. The lowest BCUT2D eigenvalue weighted by atomic mass is 9.77. The van der Waals surface area contributed by atoms with Gasteiger partial charge in [0.25, 0.3) is 0 Å². The summed E-state index contributed by atoms with van der Waals surface area (Å²) in [6, 6.07) is 60.8. The predicted molar refractivity (Wildman–Crippen MR) is 185 cm³/mol. The van der Waals surface area contributed by atoms with Crippen molar-refractivity contribution in [3.8, 4) is 0 Å². The molecule has 0 amide bonds. The van der Waals surface area contributed by atoms with E-state index in [0.29, 0.717) is 0 Å². The van der Waals surface area contributed by atoms with Gasteiger partial charge in [-0.3, -0.25) is 0 Å². The van der Waals surface area contributed by atoms with Crippen molar-refractivity contribution in [2.45, 2.75) is 5.92 Å². The molecule has 43 heavy (non-hydrogen) atoms. The molecule has 0 aliphatic rings. The number of hydrogen-bond donors (Lipinski definition) is 0. The van der Waals surface area contributed by atoms with E-state index in [2.05, 4.69) is 164 Å². The van der Waals surface area contributed by atoms with Gasteiger partial charge in [0, 0.05) is 5.92 Å². The highest BCUT2D eigenvalue weighted by atomic mass is 14.3. The van der Waals surface area contributed by atoms with Crippen molar-refractivity contribution in [1.82, 2.24) is 0 Å². The summed E-state index contributed by atoms with van der Waals surface area (Å²) in [6.45, 7) is 0. The van der Waals surface area contributed by atoms with E-state index in [4.69, 9.17) is 0 Å². The van der Waals surface area contributed by atoms with Gasteiger partial charge in [-0.15, -0.1) is 0 Å². The molecular formula is C43H28. The van der Waals surface area contributed by atoms with Crippen molar-refractivity contribution >= 4 is 64.6 Å². The molecule has 9 rings (SSSR count). The minimum absolute atomic E-state index is 0.0125. The molecule has 9 aromatic carbocycles. The van der Waals surface area contributed by atoms with E-state index in [1.165, 1.54) is 81.3 Å². The molecule has 0 aliphatic carbocycles. The van der Waals surface area contributed by atoms with Crippen molar-refractivity contribution in [2.24, 2.45) is 0 Å². The molecule has 0 aromatic heterocycles. The highest BCUT2D eigenvalue weighted by molar-refractivity contribution is 6.14. The van der Waals surface area contributed by atoms with Crippen LogP contribution in [0.25, 0.3) is 64.6 Å². The van der Waals surface area contributed by atoms with E-state index in [1.807, 2.05) is 0 Å². The molecule has 0 saturated heterocycles. The van der Waals surface area contributed by atoms with Crippen molar-refractivity contribution in [2.75, 3.05) is 0 Å². The molecule has 0 heterocycles. The summed E-state index contributed by atoms with van der Waals surface area (Å²) in [6.07, 6.45) is 0. The summed E-state index contributed by atoms with van der Waals surface area (Å²) in [4.78, 5) is 0. The van der Waals surface area contributed by atoms with E-state index < -0.39 is 0 Å². The Labute approximate surface area is 250 Å². The van der Waals surface area contributed by atoms with Gasteiger partial charge in [-0.2, -0.15) is 0 Å². The normalized spacial score (nSPS) is 11.9. The van der Waals surface area contributed by atoms with Crippen LogP contribution in [-0.4, -0.2) is 0 Å². The highest BCUT2D eigenvalue weighted by Gasteiger charge is 2.25. The molecule has 0 fully saturated rings. The van der Waals surface area contributed by atoms with Crippen molar-refractivity contribution in [1.29, 1.82) is 0 Å². The topological polar surface area (TPSA) is 0 Å². The molecule has 0 saturated carbocycles. The van der Waals surface area contributed by atoms with Crippen molar-refractivity contribution in [3.05, 3.63) is 180 Å². The van der Waals surface area contributed by atoms with Crippen LogP contribution in [0.3, 0.4) is 0 Å². The Morgan fingerprint density at radius 3 is 0.767 bits per heavy atom. The third kappa shape index (κ3) is 3.70. The molecular weight excluding hydrogens is 516 g/mol. The Morgan fingerprint density at radius 1 is 0.233 bits per heavy atom. The first-order valence-corrected chi connectivity index (χ1v) is 15.1. The van der Waals surface area contributed by atoms with Gasteiger partial charge < -0.3 is 0 Å². The lowest BCUT2D eigenvalue weighted by Gasteiger charge is -2.26. The second-order valence-corrected chi connectivity index (χ2v) is 11.6. The van der Waals surface area contributed by atoms with E-state index >= 15 is 0 Å². The average Bonchev–Trinajstić information content (AvgIpc) is 3.08. The van der Waals surface area contributed by atoms with Crippen LogP contribution in [0.15, 0.2) is 164 Å². The molecule has 0 unspecified atom stereocenters. The van der Waals surface area contributed by atoms with Gasteiger partial charge in [-0.25, -0.2) is 0 Å². The average molecular weight is 545 g/mol. The summed E-state index contributed by atoms with van der Waals surface area (Å²) in [7, 11) is 0. The maximum Gasteiger partial charge on any atom is 0.0359 e. The van der Waals surface area contributed by atoms with Gasteiger partial charge in [0.1, 0.15) is 0 Å². The minimum Gasteiger partial charge on any atom is -0.0616 e. The Bertz CT molecular complexity index is 2230. The molecule has 0 radical (unpaired) electrons. The van der Waals surface area contributed by atoms with E-state index in [-0.39, 0.29) is 5.92 Å². The molecule has 0 atom stereocenters. The van der Waals surface area contributed by atoms with E-state index in [0.717, 1.165) is 0 Å². The third-order valence-electron chi connectivity index (χ3n) is 9.33. The Morgan fingerprint density at radius 2 is 0.465 bits per heavy atom. The zero-order valence-corrected chi connectivity index (χ0v) is 23.7. The quantitative estimate of drug-likeness (QED) is 0.153. The lowest BCUT2D eigenvalue weighted by Crippen LogP contribution is -2.07. The number of hydrogen-bond acceptors (Lipinski definition) is 0. The van der Waals surface area contributed by atoms with Crippen LogP contribution in [0.2, 0.25) is 0 Å². The van der Waals surface area contributed by atoms with Crippen molar-refractivity contribution < 1.29 is 0 Å². The van der Waals surface area contributed by atoms with Gasteiger partial charge in [0.15, 0.2) is 0 Å². The summed E-state index contributed by atoms with van der Waals surface area (Å²) < 4.78 is 0. The SMILES string of the molecule is c1ccc2c(c1)cc(C(c1cc3ccccc3c3ccccc13)c1cc3ccccc3c3ccccc13)c1ccccc12. The summed E-state index contributed by atoms with van der Waals surface area (Å²) in [5.74, 6) is 0.0125. The molecule has 0 aliphatic heterocycles. The molecule has 0 heteroatoms. The molecule has 9 aromatic rings. The summed E-state index contributed by atoms with van der Waals surface area (Å²) in [5, 5.41) is 15.5. The van der Waals surface area contributed by atoms with Gasteiger partial charge in [-0.1, -0.05) is 146 Å². The van der Waals surface area contributed by atoms with Gasteiger partial charge in [0.2, 0.25) is 0 Å². The van der Waals surface area contributed by atoms with Crippen LogP contribution >= 0.6 is 0 Å². The maximum absolute atomic E-state index is 2.45. The lowest BCUT2D eigenvalue weighted by molar-refractivity contribution is 1.02. The Hall–Kier alpha value is -5.46. The van der Waals surface area contributed by atoms with Crippen LogP contribution in [0.5, 0.6) is 0 Å². The molecule has 0 bridgehead atoms. The fraction of sp³-hybridized carbons (Fsp3) is 0.0233. The maximum atomic E-state index is 2.45. The Kier molecular flexibility index (Phi) is 5.36. The van der Waals surface area contributed by atoms with Gasteiger partial charge in [0.05, 0.1) is 0 Å². The first kappa shape index (κ1) is 24.2. The highest BCUT2D eigenvalue weighted by Crippen LogP contribution is 2.46. The smallest absolute Gasteiger partial charge is 0.0359 e. The van der Waals surface area contributed by atoms with Crippen LogP contribution in [0, 0.1) is 0 Å². The number of fused-ring (bicyclic) bond motifs is 9. The Balaban J connectivity index is 1.51. The standard InChI is InChI=1S/C43H28/c1-4-16-31-28(13-1)25-40(37-22-10-7-19-34(31)37)43(41-26-29-14-2-5-17-32(29)35-20-8-11-23-38(35)41)42-27-30-15-3-6-18-33(30)36-21-9-12-24-39(36)42/h1-27,43H.